The van der Waals surface area contributed by atoms with Crippen molar-refractivity contribution in [1.29, 1.82) is 0 Å². The fraction of sp³-hybridized carbons (Fsp3) is 0.211. The molecule has 6 heterocycles. The summed E-state index contributed by atoms with van der Waals surface area (Å²) in [5, 5.41) is 4.81. The van der Waals surface area contributed by atoms with Gasteiger partial charge in [0.15, 0.2) is 34.9 Å². The number of para-hydroxylation sites is 2. The van der Waals surface area contributed by atoms with Crippen molar-refractivity contribution < 1.29 is 0 Å². The lowest BCUT2D eigenvalue weighted by Gasteiger charge is -2.33. The van der Waals surface area contributed by atoms with Crippen LogP contribution in [-0.2, 0) is 21.7 Å². The van der Waals surface area contributed by atoms with E-state index in [9.17, 15) is 0 Å². The summed E-state index contributed by atoms with van der Waals surface area (Å²) in [5.74, 6) is 3.83. The third kappa shape index (κ3) is 8.56. The van der Waals surface area contributed by atoms with Gasteiger partial charge in [-0.05, 0) is 84.6 Å². The van der Waals surface area contributed by atoms with Crippen LogP contribution in [0.2, 0.25) is 0 Å². The van der Waals surface area contributed by atoms with E-state index < -0.39 is 0 Å². The molecule has 8 nitrogen and oxygen atoms in total. The average molecular weight is 1100 g/mol. The Morgan fingerprint density at radius 3 is 0.847 bits per heavy atom. The first kappa shape index (κ1) is 52.5. The minimum absolute atomic E-state index is 0.00264. The lowest BCUT2D eigenvalue weighted by Crippen LogP contribution is -2.59. The molecule has 0 spiro atoms. The summed E-state index contributed by atoms with van der Waals surface area (Å²) in [6.45, 7) is 26.9. The standard InChI is InChI=1S/C76H67BN8/c1-73(2,3)50-32-22-44(23-33-50)67-78-68(45-24-34-51(35-25-45)74(4,5)6)81-71(80-67)48-30-40-54-56-16-13-18-58-65(56)84(62(54)42-48)60-20-15-21-61-64(60)77(58)59-19-14-17-57-55-41-31-49(43-63(55)85(61)66(57)59)72-82-69(46-26-36-52(37-27-46)75(7,8)9)79-70(83-72)47-28-38-53(39-29-47)76(10,11)12/h13-43H,1-12H3. The van der Waals surface area contributed by atoms with Gasteiger partial charge in [0.2, 0.25) is 0 Å². The topological polar surface area (TPSA) is 87.2 Å². The molecule has 0 radical (unpaired) electrons. The monoisotopic (exact) mass is 1100 g/mol. The quantitative estimate of drug-likeness (QED) is 0.154. The summed E-state index contributed by atoms with van der Waals surface area (Å²) in [7, 11) is 0. The zero-order chi connectivity index (χ0) is 58.6. The summed E-state index contributed by atoms with van der Waals surface area (Å²) in [4.78, 5) is 31.6. The molecule has 4 aromatic heterocycles. The third-order valence-electron chi connectivity index (χ3n) is 17.9. The molecule has 414 valence electrons. The van der Waals surface area contributed by atoms with Crippen LogP contribution in [0.1, 0.15) is 105 Å². The molecule has 0 N–H and O–H groups in total. The first-order chi connectivity index (χ1) is 40.6. The molecular formula is C76H67BN8. The molecule has 0 bridgehead atoms. The van der Waals surface area contributed by atoms with Gasteiger partial charge in [0.1, 0.15) is 0 Å². The van der Waals surface area contributed by atoms with Gasteiger partial charge in [-0.25, -0.2) is 29.9 Å². The van der Waals surface area contributed by atoms with Gasteiger partial charge in [-0.2, -0.15) is 0 Å². The van der Waals surface area contributed by atoms with Crippen LogP contribution in [0.4, 0.5) is 0 Å². The Morgan fingerprint density at radius 2 is 0.553 bits per heavy atom. The molecule has 85 heavy (non-hydrogen) atoms. The van der Waals surface area contributed by atoms with Crippen LogP contribution < -0.4 is 16.4 Å². The molecule has 0 unspecified atom stereocenters. The van der Waals surface area contributed by atoms with E-state index in [1.165, 1.54) is 71.2 Å². The van der Waals surface area contributed by atoms with E-state index in [2.05, 4.69) is 280 Å². The molecule has 2 aliphatic heterocycles. The molecule has 0 atom stereocenters. The van der Waals surface area contributed by atoms with Crippen molar-refractivity contribution in [2.24, 2.45) is 0 Å². The molecule has 9 heteroatoms. The fourth-order valence-corrected chi connectivity index (χ4v) is 13.1. The maximum Gasteiger partial charge on any atom is 0.252 e. The Bertz CT molecular complexity index is 4430. The SMILES string of the molecule is CC(C)(C)c1ccc(-c2nc(-c3ccc(C(C)(C)C)cc3)nc(-c3ccc4c5cccc6c5n(c4c3)-c3cccc4c3B6c3cccc5c6ccc(-c7nc(-c8ccc(C(C)(C)C)cc8)nc(-c8ccc(C(C)(C)C)cc8)n7)cc6n-4c35)n2)cc1. The molecule has 15 rings (SSSR count). The number of nitrogens with zero attached hydrogens (tertiary/aromatic N) is 8. The molecule has 0 aliphatic carbocycles. The van der Waals surface area contributed by atoms with E-state index in [0.29, 0.717) is 34.9 Å². The lowest BCUT2D eigenvalue weighted by molar-refractivity contribution is 0.590. The first-order valence-electron chi connectivity index (χ1n) is 29.9. The predicted octanol–water partition coefficient (Wildman–Crippen LogP) is 16.6. The van der Waals surface area contributed by atoms with Crippen LogP contribution in [-0.4, -0.2) is 45.8 Å². The lowest BCUT2D eigenvalue weighted by atomic mass is 9.34. The summed E-state index contributed by atoms with van der Waals surface area (Å²) in [6.07, 6.45) is 0. The van der Waals surface area contributed by atoms with Crippen molar-refractivity contribution in [1.82, 2.24) is 39.0 Å². The molecule has 0 amide bonds. The van der Waals surface area contributed by atoms with Crippen molar-refractivity contribution in [3.63, 3.8) is 0 Å². The number of fused-ring (bicyclic) bond motifs is 10. The number of hydrogen-bond donors (Lipinski definition) is 0. The molecule has 0 saturated carbocycles. The van der Waals surface area contributed by atoms with E-state index in [4.69, 9.17) is 29.9 Å². The second kappa shape index (κ2) is 18.6. The van der Waals surface area contributed by atoms with E-state index in [1.807, 2.05) is 0 Å². The Morgan fingerprint density at radius 1 is 0.282 bits per heavy atom. The largest absolute Gasteiger partial charge is 0.310 e. The normalized spacial score (nSPS) is 13.2. The number of aromatic nitrogens is 8. The van der Waals surface area contributed by atoms with Gasteiger partial charge in [-0.1, -0.05) is 247 Å². The molecule has 2 aliphatic rings. The Kier molecular flexibility index (Phi) is 11.5. The van der Waals surface area contributed by atoms with E-state index in [1.54, 1.807) is 0 Å². The summed E-state index contributed by atoms with van der Waals surface area (Å²) in [6, 6.07) is 69.0. The first-order valence-corrected chi connectivity index (χ1v) is 29.9. The van der Waals surface area contributed by atoms with Crippen molar-refractivity contribution in [2.45, 2.75) is 105 Å². The minimum atomic E-state index is -0.00264. The fourth-order valence-electron chi connectivity index (χ4n) is 13.1. The zero-order valence-electron chi connectivity index (χ0n) is 50.6. The summed E-state index contributed by atoms with van der Waals surface area (Å²) >= 11 is 0. The van der Waals surface area contributed by atoms with Crippen LogP contribution in [0.3, 0.4) is 0 Å². The van der Waals surface area contributed by atoms with Crippen LogP contribution in [0.5, 0.6) is 0 Å². The second-order valence-corrected chi connectivity index (χ2v) is 27.7. The van der Waals surface area contributed by atoms with Gasteiger partial charge < -0.3 is 9.13 Å². The highest BCUT2D eigenvalue weighted by Crippen LogP contribution is 2.42. The maximum atomic E-state index is 5.30. The van der Waals surface area contributed by atoms with E-state index in [0.717, 1.165) is 55.8 Å². The molecule has 9 aromatic carbocycles. The number of hydrogen-bond acceptors (Lipinski definition) is 6. The highest BCUT2D eigenvalue weighted by molar-refractivity contribution is 7.00. The summed E-state index contributed by atoms with van der Waals surface area (Å²) < 4.78 is 5.02. The molecule has 0 fully saturated rings. The highest BCUT2D eigenvalue weighted by Gasteiger charge is 2.41. The molecule has 13 aromatic rings. The van der Waals surface area contributed by atoms with Gasteiger partial charge >= 0.3 is 0 Å². The van der Waals surface area contributed by atoms with Crippen molar-refractivity contribution in [3.05, 3.63) is 210 Å². The van der Waals surface area contributed by atoms with E-state index in [-0.39, 0.29) is 28.4 Å². The minimum Gasteiger partial charge on any atom is -0.310 e. The van der Waals surface area contributed by atoms with Crippen molar-refractivity contribution >= 4 is 66.7 Å². The number of rotatable bonds is 6. The van der Waals surface area contributed by atoms with Crippen LogP contribution in [0, 0.1) is 0 Å². The van der Waals surface area contributed by atoms with Gasteiger partial charge in [-0.3, -0.25) is 0 Å². The maximum absolute atomic E-state index is 5.30. The van der Waals surface area contributed by atoms with Crippen molar-refractivity contribution in [2.75, 3.05) is 0 Å². The predicted molar refractivity (Wildman–Crippen MR) is 354 cm³/mol. The molecular weight excluding hydrogens is 1040 g/mol. The Labute approximate surface area is 497 Å². The van der Waals surface area contributed by atoms with Crippen molar-refractivity contribution in [3.8, 4) is 79.7 Å². The second-order valence-electron chi connectivity index (χ2n) is 27.7. The third-order valence-corrected chi connectivity index (χ3v) is 17.9. The Balaban J connectivity index is 0.901. The Hall–Kier alpha value is -9.34. The van der Waals surface area contributed by atoms with Gasteiger partial charge in [0, 0.05) is 77.3 Å². The van der Waals surface area contributed by atoms with Crippen LogP contribution >= 0.6 is 0 Å². The smallest absolute Gasteiger partial charge is 0.252 e. The number of benzene rings is 9. The molecule has 0 saturated heterocycles. The average Bonchev–Trinajstić information content (AvgIpc) is 1.60. The highest BCUT2D eigenvalue weighted by atomic mass is 15.1. The van der Waals surface area contributed by atoms with Gasteiger partial charge in [0.05, 0.1) is 11.0 Å². The van der Waals surface area contributed by atoms with Crippen LogP contribution in [0.25, 0.3) is 123 Å². The summed E-state index contributed by atoms with van der Waals surface area (Å²) in [5.41, 5.74) is 21.6. The van der Waals surface area contributed by atoms with Gasteiger partial charge in [0.25, 0.3) is 6.71 Å². The van der Waals surface area contributed by atoms with Crippen LogP contribution in [0.15, 0.2) is 188 Å². The van der Waals surface area contributed by atoms with E-state index >= 15 is 0 Å². The van der Waals surface area contributed by atoms with Gasteiger partial charge in [-0.15, -0.1) is 0 Å². The zero-order valence-corrected chi connectivity index (χ0v) is 50.6.